The van der Waals surface area contributed by atoms with Gasteiger partial charge in [0.2, 0.25) is 5.91 Å². The molecule has 10 heteroatoms. The first kappa shape index (κ1) is 20.6. The Kier molecular flexibility index (Phi) is 5.44. The van der Waals surface area contributed by atoms with Gasteiger partial charge in [-0.25, -0.2) is 9.97 Å². The Labute approximate surface area is 175 Å². The van der Waals surface area contributed by atoms with Gasteiger partial charge in [0.25, 0.3) is 5.19 Å². The number of nitrogens with zero attached hydrogens (tertiary/aromatic N) is 3. The van der Waals surface area contributed by atoms with E-state index in [2.05, 4.69) is 26.5 Å². The predicted molar refractivity (Wildman–Crippen MR) is 106 cm³/mol. The summed E-state index contributed by atoms with van der Waals surface area (Å²) in [4.78, 5) is 21.9. The normalized spacial score (nSPS) is 19.6. The van der Waals surface area contributed by atoms with Crippen LogP contribution in [0.15, 0.2) is 30.5 Å². The van der Waals surface area contributed by atoms with Gasteiger partial charge in [-0.2, -0.15) is 13.2 Å². The molecule has 0 bridgehead atoms. The molecule has 1 aliphatic carbocycles. The first-order chi connectivity index (χ1) is 14.3. The highest BCUT2D eigenvalue weighted by Gasteiger charge is 2.47. The number of carbonyl (C=O) groups excluding carboxylic acids is 1. The molecule has 1 N–H and O–H groups in total. The fourth-order valence-electron chi connectivity index (χ4n) is 3.55. The van der Waals surface area contributed by atoms with Gasteiger partial charge in [0.1, 0.15) is 5.82 Å². The minimum atomic E-state index is -4.42. The van der Waals surface area contributed by atoms with Crippen molar-refractivity contribution in [3.8, 4) is 5.19 Å². The Morgan fingerprint density at radius 1 is 1.40 bits per heavy atom. The molecule has 30 heavy (non-hydrogen) atoms. The van der Waals surface area contributed by atoms with E-state index in [0.717, 1.165) is 41.2 Å². The van der Waals surface area contributed by atoms with Crippen LogP contribution in [0.2, 0.25) is 0 Å². The van der Waals surface area contributed by atoms with E-state index in [1.54, 1.807) is 6.92 Å². The second-order valence-electron chi connectivity index (χ2n) is 7.31. The highest BCUT2D eigenvalue weighted by atomic mass is 32.1. The molecule has 1 aromatic carbocycles. The van der Waals surface area contributed by atoms with Crippen LogP contribution >= 0.6 is 11.3 Å². The summed E-state index contributed by atoms with van der Waals surface area (Å²) in [6.07, 6.45) is -2.26. The lowest BCUT2D eigenvalue weighted by Crippen LogP contribution is -2.28. The van der Waals surface area contributed by atoms with E-state index in [4.69, 9.17) is 4.98 Å². The third kappa shape index (κ3) is 4.28. The number of hydrogen-bond donors (Lipinski definition) is 1. The zero-order valence-electron chi connectivity index (χ0n) is 16.4. The van der Waals surface area contributed by atoms with Gasteiger partial charge < -0.3 is 14.6 Å². The van der Waals surface area contributed by atoms with Crippen molar-refractivity contribution in [2.24, 2.45) is 5.92 Å². The number of imidazole rings is 1. The van der Waals surface area contributed by atoms with E-state index < -0.39 is 12.8 Å². The van der Waals surface area contributed by atoms with E-state index in [-0.39, 0.29) is 29.0 Å². The summed E-state index contributed by atoms with van der Waals surface area (Å²) in [5.74, 6) is 0.737. The highest BCUT2D eigenvalue weighted by Crippen LogP contribution is 2.48. The van der Waals surface area contributed by atoms with Gasteiger partial charge in [-0.3, -0.25) is 4.79 Å². The van der Waals surface area contributed by atoms with Crippen molar-refractivity contribution in [1.82, 2.24) is 19.9 Å². The molecule has 1 aliphatic rings. The molecule has 2 aromatic heterocycles. The topological polar surface area (TPSA) is 69.0 Å². The number of nitrogens with one attached hydrogen (secondary N) is 1. The van der Waals surface area contributed by atoms with E-state index >= 15 is 0 Å². The first-order valence-corrected chi connectivity index (χ1v) is 10.5. The number of ether oxygens (including phenoxy) is 1. The Morgan fingerprint density at radius 2 is 2.17 bits per heavy atom. The molecule has 4 rings (SSSR count). The van der Waals surface area contributed by atoms with Gasteiger partial charge >= 0.3 is 6.18 Å². The number of aromatic nitrogens is 3. The van der Waals surface area contributed by atoms with Gasteiger partial charge in [0.15, 0.2) is 6.61 Å². The minimum Gasteiger partial charge on any atom is -0.460 e. The SMILES string of the molecule is CCn1c([C@@H]2CC2C(=O)N[C@H](C)c2cnc(OCC(F)(F)F)s2)nc2ccccc21. The number of aryl methyl sites for hydroxylation is 1. The van der Waals surface area contributed by atoms with Crippen LogP contribution < -0.4 is 10.1 Å². The van der Waals surface area contributed by atoms with Crippen LogP contribution in [0.5, 0.6) is 5.19 Å². The quantitative estimate of drug-likeness (QED) is 0.592. The maximum atomic E-state index is 12.7. The Hall–Kier alpha value is -2.62. The summed E-state index contributed by atoms with van der Waals surface area (Å²) in [5.41, 5.74) is 1.98. The number of thiazole rings is 1. The van der Waals surface area contributed by atoms with Crippen LogP contribution in [0.25, 0.3) is 11.0 Å². The summed E-state index contributed by atoms with van der Waals surface area (Å²) in [7, 11) is 0. The Morgan fingerprint density at radius 3 is 2.90 bits per heavy atom. The van der Waals surface area contributed by atoms with Crippen molar-refractivity contribution >= 4 is 28.3 Å². The third-order valence-corrected chi connectivity index (χ3v) is 6.20. The minimum absolute atomic E-state index is 0.0654. The number of carbonyl (C=O) groups is 1. The second kappa shape index (κ2) is 7.90. The number of fused-ring (bicyclic) bond motifs is 1. The zero-order valence-corrected chi connectivity index (χ0v) is 17.3. The number of benzene rings is 1. The molecular formula is C20H21F3N4O2S. The van der Waals surface area contributed by atoms with Crippen LogP contribution in [0.4, 0.5) is 13.2 Å². The van der Waals surface area contributed by atoms with Crippen LogP contribution in [0.1, 0.15) is 42.9 Å². The fraction of sp³-hybridized carbons (Fsp3) is 0.450. The Balaban J connectivity index is 1.38. The highest BCUT2D eigenvalue weighted by molar-refractivity contribution is 7.13. The standard InChI is InChI=1S/C20H21F3N4O2S/c1-3-27-15-7-5-4-6-14(15)26-17(27)12-8-13(12)18(28)25-11(2)16-9-24-19(30-16)29-10-20(21,22)23/h4-7,9,11-13H,3,8,10H2,1-2H3,(H,25,28)/t11-,12-,13?/m1/s1. The van der Waals surface area contributed by atoms with E-state index in [9.17, 15) is 18.0 Å². The van der Waals surface area contributed by atoms with Gasteiger partial charge in [0, 0.05) is 24.6 Å². The second-order valence-corrected chi connectivity index (χ2v) is 8.34. The molecule has 6 nitrogen and oxygen atoms in total. The smallest absolute Gasteiger partial charge is 0.422 e. The molecular weight excluding hydrogens is 417 g/mol. The zero-order chi connectivity index (χ0) is 21.5. The number of amides is 1. The summed E-state index contributed by atoms with van der Waals surface area (Å²) >= 11 is 0.997. The molecule has 2 heterocycles. The van der Waals surface area contributed by atoms with E-state index in [1.165, 1.54) is 6.20 Å². The molecule has 0 saturated heterocycles. The number of halogens is 3. The maximum Gasteiger partial charge on any atom is 0.422 e. The summed E-state index contributed by atoms with van der Waals surface area (Å²) in [6.45, 7) is 3.22. The van der Waals surface area contributed by atoms with Crippen LogP contribution in [-0.2, 0) is 11.3 Å². The molecule has 0 aliphatic heterocycles. The summed E-state index contributed by atoms with van der Waals surface area (Å²) in [5, 5.41) is 2.87. The van der Waals surface area contributed by atoms with Crippen molar-refractivity contribution in [1.29, 1.82) is 0 Å². The molecule has 1 fully saturated rings. The molecule has 1 amide bonds. The average molecular weight is 438 g/mol. The number of hydrogen-bond acceptors (Lipinski definition) is 5. The fourth-order valence-corrected chi connectivity index (χ4v) is 4.32. The Bertz CT molecular complexity index is 1060. The van der Waals surface area contributed by atoms with E-state index in [0.29, 0.717) is 4.88 Å². The maximum absolute atomic E-state index is 12.7. The van der Waals surface area contributed by atoms with Crippen molar-refractivity contribution in [3.05, 3.63) is 41.2 Å². The lowest BCUT2D eigenvalue weighted by atomic mass is 10.2. The van der Waals surface area contributed by atoms with Gasteiger partial charge in [-0.1, -0.05) is 23.5 Å². The number of para-hydroxylation sites is 2. The monoisotopic (exact) mass is 438 g/mol. The molecule has 3 atom stereocenters. The van der Waals surface area contributed by atoms with Gasteiger partial charge in [-0.15, -0.1) is 0 Å². The number of alkyl halides is 3. The lowest BCUT2D eigenvalue weighted by molar-refractivity contribution is -0.153. The van der Waals surface area contributed by atoms with Crippen LogP contribution in [0.3, 0.4) is 0 Å². The lowest BCUT2D eigenvalue weighted by Gasteiger charge is -2.12. The third-order valence-electron chi connectivity index (χ3n) is 5.11. The van der Waals surface area contributed by atoms with Crippen LogP contribution in [-0.4, -0.2) is 33.2 Å². The number of rotatable bonds is 7. The van der Waals surface area contributed by atoms with Crippen molar-refractivity contribution in [2.75, 3.05) is 6.61 Å². The van der Waals surface area contributed by atoms with Crippen molar-refractivity contribution in [2.45, 2.75) is 44.9 Å². The largest absolute Gasteiger partial charge is 0.460 e. The van der Waals surface area contributed by atoms with Crippen molar-refractivity contribution in [3.63, 3.8) is 0 Å². The van der Waals surface area contributed by atoms with Crippen molar-refractivity contribution < 1.29 is 22.7 Å². The van der Waals surface area contributed by atoms with E-state index in [1.807, 2.05) is 24.3 Å². The molecule has 1 unspecified atom stereocenters. The van der Waals surface area contributed by atoms with Crippen LogP contribution in [0, 0.1) is 5.92 Å². The van der Waals surface area contributed by atoms with Gasteiger partial charge in [-0.05, 0) is 32.4 Å². The molecule has 0 spiro atoms. The molecule has 160 valence electrons. The summed E-state index contributed by atoms with van der Waals surface area (Å²) in [6, 6.07) is 7.54. The molecule has 0 radical (unpaired) electrons. The molecule has 1 saturated carbocycles. The predicted octanol–water partition coefficient (Wildman–Crippen LogP) is 4.43. The first-order valence-electron chi connectivity index (χ1n) is 9.67. The summed E-state index contributed by atoms with van der Waals surface area (Å²) < 4.78 is 43.6. The molecule has 3 aromatic rings. The average Bonchev–Trinajstić information content (AvgIpc) is 3.19. The van der Waals surface area contributed by atoms with Gasteiger partial charge in [0.05, 0.1) is 22.0 Å².